The number of hydrogen-bond acceptors (Lipinski definition) is 1. The highest BCUT2D eigenvalue weighted by atomic mass is 35.5. The molecule has 0 heterocycles. The average Bonchev–Trinajstić information content (AvgIpc) is 2.46. The van der Waals surface area contributed by atoms with Gasteiger partial charge in [-0.3, -0.25) is 4.79 Å². The molecule has 0 aromatic heterocycles. The van der Waals surface area contributed by atoms with Gasteiger partial charge in [0, 0.05) is 16.8 Å². The number of benzene rings is 2. The van der Waals surface area contributed by atoms with E-state index in [1.54, 1.807) is 30.3 Å². The molecule has 0 saturated carbocycles. The molecule has 6 heteroatoms. The van der Waals surface area contributed by atoms with Crippen LogP contribution < -0.4 is 5.32 Å². The van der Waals surface area contributed by atoms with Gasteiger partial charge in [-0.2, -0.15) is 13.2 Å². The van der Waals surface area contributed by atoms with E-state index in [0.29, 0.717) is 5.69 Å². The molecule has 114 valence electrons. The van der Waals surface area contributed by atoms with Crippen molar-refractivity contribution < 1.29 is 18.0 Å². The summed E-state index contributed by atoms with van der Waals surface area (Å²) in [5, 5.41) is 2.72. The number of halogens is 4. The summed E-state index contributed by atoms with van der Waals surface area (Å²) in [6, 6.07) is 11.6. The van der Waals surface area contributed by atoms with Gasteiger partial charge in [-0.15, -0.1) is 0 Å². The molecule has 0 aliphatic heterocycles. The van der Waals surface area contributed by atoms with Crippen molar-refractivity contribution in [3.8, 4) is 0 Å². The Bertz CT molecular complexity index is 696. The summed E-state index contributed by atoms with van der Waals surface area (Å²) in [7, 11) is 0. The third-order valence-electron chi connectivity index (χ3n) is 2.78. The first-order chi connectivity index (χ1) is 10.4. The quantitative estimate of drug-likeness (QED) is 0.790. The van der Waals surface area contributed by atoms with E-state index in [0.717, 1.165) is 24.3 Å². The molecule has 2 aromatic rings. The number of carbonyl (C=O) groups excluding carboxylic acids is 1. The predicted octanol–water partition coefficient (Wildman–Crippen LogP) is 5.01. The molecule has 0 radical (unpaired) electrons. The van der Waals surface area contributed by atoms with E-state index in [2.05, 4.69) is 5.32 Å². The van der Waals surface area contributed by atoms with Gasteiger partial charge in [0.15, 0.2) is 0 Å². The fourth-order valence-corrected chi connectivity index (χ4v) is 1.90. The second-order valence-electron chi connectivity index (χ2n) is 4.42. The van der Waals surface area contributed by atoms with Crippen LogP contribution in [-0.2, 0) is 11.0 Å². The van der Waals surface area contributed by atoms with Gasteiger partial charge in [0.2, 0.25) is 5.91 Å². The van der Waals surface area contributed by atoms with Crippen LogP contribution in [0.5, 0.6) is 0 Å². The summed E-state index contributed by atoms with van der Waals surface area (Å²) in [6.07, 6.45) is -2.08. The lowest BCUT2D eigenvalue weighted by Gasteiger charge is -2.08. The van der Waals surface area contributed by atoms with Gasteiger partial charge in [-0.1, -0.05) is 29.8 Å². The molecule has 0 atom stereocenters. The molecule has 2 nitrogen and oxygen atoms in total. The second kappa shape index (κ2) is 6.66. The van der Waals surface area contributed by atoms with Gasteiger partial charge >= 0.3 is 6.18 Å². The number of hydrogen-bond donors (Lipinski definition) is 1. The second-order valence-corrected chi connectivity index (χ2v) is 4.83. The van der Waals surface area contributed by atoms with Crippen molar-refractivity contribution in [2.24, 2.45) is 0 Å². The SMILES string of the molecule is O=C(/C=C/c1cc(C(F)(F)F)ccc1Cl)Nc1ccccc1. The summed E-state index contributed by atoms with van der Waals surface area (Å²) in [4.78, 5) is 11.7. The first-order valence-corrected chi connectivity index (χ1v) is 6.65. The first-order valence-electron chi connectivity index (χ1n) is 6.27. The minimum absolute atomic E-state index is 0.125. The van der Waals surface area contributed by atoms with Crippen LogP contribution in [-0.4, -0.2) is 5.91 Å². The lowest BCUT2D eigenvalue weighted by atomic mass is 10.1. The number of alkyl halides is 3. The van der Waals surface area contributed by atoms with E-state index < -0.39 is 17.6 Å². The molecule has 2 rings (SSSR count). The first kappa shape index (κ1) is 16.1. The molecule has 0 unspecified atom stereocenters. The highest BCUT2D eigenvalue weighted by Crippen LogP contribution is 2.32. The van der Waals surface area contributed by atoms with Crippen LogP contribution in [0, 0.1) is 0 Å². The fourth-order valence-electron chi connectivity index (χ4n) is 1.72. The van der Waals surface area contributed by atoms with Crippen LogP contribution in [0.2, 0.25) is 5.02 Å². The monoisotopic (exact) mass is 325 g/mol. The number of carbonyl (C=O) groups is 1. The van der Waals surface area contributed by atoms with Crippen LogP contribution in [0.3, 0.4) is 0 Å². The van der Waals surface area contributed by atoms with Crippen LogP contribution in [0.4, 0.5) is 18.9 Å². The number of amides is 1. The Balaban J connectivity index is 2.14. The van der Waals surface area contributed by atoms with Crippen molar-refractivity contribution in [3.05, 3.63) is 70.8 Å². The summed E-state index contributed by atoms with van der Waals surface area (Å²) < 4.78 is 37.9. The molecule has 0 saturated heterocycles. The molecule has 0 spiro atoms. The normalized spacial score (nSPS) is 11.6. The van der Waals surface area contributed by atoms with E-state index in [1.807, 2.05) is 0 Å². The maximum Gasteiger partial charge on any atom is 0.416 e. The topological polar surface area (TPSA) is 29.1 Å². The summed E-state index contributed by atoms with van der Waals surface area (Å²) in [5.41, 5.74) is -0.105. The maximum atomic E-state index is 12.6. The van der Waals surface area contributed by atoms with Crippen molar-refractivity contribution in [1.29, 1.82) is 0 Å². The lowest BCUT2D eigenvalue weighted by molar-refractivity contribution is -0.137. The lowest BCUT2D eigenvalue weighted by Crippen LogP contribution is -2.07. The number of rotatable bonds is 3. The van der Waals surface area contributed by atoms with E-state index in [4.69, 9.17) is 11.6 Å². The van der Waals surface area contributed by atoms with Crippen LogP contribution in [0.25, 0.3) is 6.08 Å². The molecule has 0 aliphatic rings. The molecule has 0 aliphatic carbocycles. The van der Waals surface area contributed by atoms with Crippen molar-refractivity contribution in [2.45, 2.75) is 6.18 Å². The van der Waals surface area contributed by atoms with Gasteiger partial charge in [0.25, 0.3) is 0 Å². The Kier molecular flexibility index (Phi) is 4.88. The predicted molar refractivity (Wildman–Crippen MR) is 80.6 cm³/mol. The zero-order chi connectivity index (χ0) is 16.2. The Hall–Kier alpha value is -2.27. The number of para-hydroxylation sites is 1. The molecule has 1 amide bonds. The number of anilines is 1. The summed E-state index contributed by atoms with van der Waals surface area (Å²) >= 11 is 5.84. The molecular weight excluding hydrogens is 315 g/mol. The average molecular weight is 326 g/mol. The van der Waals surface area contributed by atoms with Gasteiger partial charge in [-0.25, -0.2) is 0 Å². The minimum atomic E-state index is -4.46. The van der Waals surface area contributed by atoms with Gasteiger partial charge in [0.1, 0.15) is 0 Å². The fraction of sp³-hybridized carbons (Fsp3) is 0.0625. The van der Waals surface area contributed by atoms with E-state index in [1.165, 1.54) is 6.08 Å². The van der Waals surface area contributed by atoms with E-state index in [9.17, 15) is 18.0 Å². The van der Waals surface area contributed by atoms with Crippen molar-refractivity contribution >= 4 is 29.3 Å². The minimum Gasteiger partial charge on any atom is -0.323 e. The van der Waals surface area contributed by atoms with Crippen molar-refractivity contribution in [3.63, 3.8) is 0 Å². The maximum absolute atomic E-state index is 12.6. The van der Waals surface area contributed by atoms with Gasteiger partial charge in [-0.05, 0) is 42.0 Å². The number of nitrogens with one attached hydrogen (secondary N) is 1. The zero-order valence-corrected chi connectivity index (χ0v) is 11.9. The molecule has 2 aromatic carbocycles. The summed E-state index contributed by atoms with van der Waals surface area (Å²) in [6.45, 7) is 0. The van der Waals surface area contributed by atoms with E-state index in [-0.39, 0.29) is 10.6 Å². The van der Waals surface area contributed by atoms with Crippen LogP contribution in [0.1, 0.15) is 11.1 Å². The van der Waals surface area contributed by atoms with Crippen LogP contribution in [0.15, 0.2) is 54.6 Å². The van der Waals surface area contributed by atoms with E-state index >= 15 is 0 Å². The third-order valence-corrected chi connectivity index (χ3v) is 3.12. The largest absolute Gasteiger partial charge is 0.416 e. The van der Waals surface area contributed by atoms with Crippen molar-refractivity contribution in [2.75, 3.05) is 5.32 Å². The Morgan fingerprint density at radius 2 is 1.77 bits per heavy atom. The Morgan fingerprint density at radius 1 is 1.09 bits per heavy atom. The molecular formula is C16H11ClF3NO. The highest BCUT2D eigenvalue weighted by Gasteiger charge is 2.30. The Morgan fingerprint density at radius 3 is 2.41 bits per heavy atom. The van der Waals surface area contributed by atoms with Crippen molar-refractivity contribution in [1.82, 2.24) is 0 Å². The molecule has 0 fully saturated rings. The zero-order valence-electron chi connectivity index (χ0n) is 11.2. The molecule has 22 heavy (non-hydrogen) atoms. The summed E-state index contributed by atoms with van der Waals surface area (Å²) in [5.74, 6) is -0.459. The van der Waals surface area contributed by atoms with Gasteiger partial charge < -0.3 is 5.32 Å². The van der Waals surface area contributed by atoms with Crippen LogP contribution >= 0.6 is 11.6 Å². The molecule has 0 bridgehead atoms. The standard InChI is InChI=1S/C16H11ClF3NO/c17-14-8-7-12(16(18,19)20)10-11(14)6-9-15(22)21-13-4-2-1-3-5-13/h1-10H,(H,21,22)/b9-6+. The smallest absolute Gasteiger partial charge is 0.323 e. The molecule has 1 N–H and O–H groups in total. The highest BCUT2D eigenvalue weighted by molar-refractivity contribution is 6.32. The Labute approximate surface area is 130 Å². The third kappa shape index (κ3) is 4.36. The van der Waals surface area contributed by atoms with Gasteiger partial charge in [0.05, 0.1) is 5.56 Å².